The third-order valence-corrected chi connectivity index (χ3v) is 4.26. The van der Waals surface area contributed by atoms with Crippen LogP contribution >= 0.6 is 0 Å². The van der Waals surface area contributed by atoms with Crippen LogP contribution in [0, 0.1) is 5.82 Å². The fourth-order valence-electron chi connectivity index (χ4n) is 2.78. The molecule has 1 amide bonds. The van der Waals surface area contributed by atoms with Crippen LogP contribution < -0.4 is 15.5 Å². The number of hydrogen-bond acceptors (Lipinski definition) is 6. The number of anilines is 2. The summed E-state index contributed by atoms with van der Waals surface area (Å²) in [6.07, 6.45) is 1.94. The minimum absolute atomic E-state index is 0.0978. The molecule has 0 radical (unpaired) electrons. The van der Waals surface area contributed by atoms with Crippen LogP contribution in [0.1, 0.15) is 23.2 Å². The lowest BCUT2D eigenvalue weighted by Crippen LogP contribution is -2.35. The van der Waals surface area contributed by atoms with E-state index in [9.17, 15) is 9.18 Å². The van der Waals surface area contributed by atoms with Crippen molar-refractivity contribution >= 4 is 17.4 Å². The molecule has 1 aromatic heterocycles. The monoisotopic (exact) mass is 360 g/mol. The zero-order valence-corrected chi connectivity index (χ0v) is 14.4. The number of rotatable bonds is 5. The molecule has 0 atom stereocenters. The van der Waals surface area contributed by atoms with E-state index < -0.39 is 11.7 Å². The minimum atomic E-state index is -0.750. The maximum atomic E-state index is 13.9. The summed E-state index contributed by atoms with van der Waals surface area (Å²) >= 11 is 0. The number of benzene rings is 1. The number of ether oxygens (including phenoxy) is 1. The number of nitrogens with one attached hydrogen (secondary N) is 2. The SMILES string of the molecule is CN1CCC(Oc2cccc(NC(=O)c3ccc(NO)cc3F)n2)CC1. The molecule has 3 N–H and O–H groups in total. The molecular formula is C18H21FN4O3. The number of aromatic nitrogens is 1. The molecule has 1 aromatic carbocycles. The van der Waals surface area contributed by atoms with Crippen LogP contribution in [0.3, 0.4) is 0 Å². The molecule has 0 unspecified atom stereocenters. The average molecular weight is 360 g/mol. The molecule has 0 aliphatic carbocycles. The van der Waals surface area contributed by atoms with Gasteiger partial charge in [0.1, 0.15) is 17.7 Å². The predicted octanol–water partition coefficient (Wildman–Crippen LogP) is 2.75. The van der Waals surface area contributed by atoms with Gasteiger partial charge in [-0.3, -0.25) is 15.5 Å². The number of pyridine rings is 1. The summed E-state index contributed by atoms with van der Waals surface area (Å²) in [5.41, 5.74) is 1.84. The van der Waals surface area contributed by atoms with E-state index in [1.807, 2.05) is 5.48 Å². The van der Waals surface area contributed by atoms with Crippen molar-refractivity contribution in [3.63, 3.8) is 0 Å². The molecule has 3 rings (SSSR count). The van der Waals surface area contributed by atoms with E-state index in [-0.39, 0.29) is 23.2 Å². The lowest BCUT2D eigenvalue weighted by atomic mass is 10.1. The van der Waals surface area contributed by atoms with Crippen LogP contribution in [-0.4, -0.2) is 47.2 Å². The lowest BCUT2D eigenvalue weighted by Gasteiger charge is -2.28. The van der Waals surface area contributed by atoms with Crippen LogP contribution in [0.4, 0.5) is 15.9 Å². The number of halogens is 1. The Kier molecular flexibility index (Phi) is 5.65. The molecule has 1 fully saturated rings. The maximum Gasteiger partial charge on any atom is 0.259 e. The number of carbonyl (C=O) groups is 1. The van der Waals surface area contributed by atoms with Gasteiger partial charge in [0.2, 0.25) is 5.88 Å². The number of hydrogen-bond donors (Lipinski definition) is 3. The first-order valence-electron chi connectivity index (χ1n) is 8.38. The van der Waals surface area contributed by atoms with Crippen LogP contribution in [0.25, 0.3) is 0 Å². The highest BCUT2D eigenvalue weighted by molar-refractivity contribution is 6.04. The highest BCUT2D eigenvalue weighted by atomic mass is 19.1. The zero-order valence-electron chi connectivity index (χ0n) is 14.4. The van der Waals surface area contributed by atoms with Gasteiger partial charge in [-0.05, 0) is 38.1 Å². The number of amides is 1. The quantitative estimate of drug-likeness (QED) is 0.711. The third-order valence-electron chi connectivity index (χ3n) is 4.26. The van der Waals surface area contributed by atoms with E-state index in [4.69, 9.17) is 9.94 Å². The Hall–Kier alpha value is -2.71. The van der Waals surface area contributed by atoms with Gasteiger partial charge in [0, 0.05) is 25.2 Å². The van der Waals surface area contributed by atoms with Crippen molar-refractivity contribution in [3.05, 3.63) is 47.8 Å². The van der Waals surface area contributed by atoms with Crippen LogP contribution in [-0.2, 0) is 0 Å². The molecule has 0 bridgehead atoms. The zero-order chi connectivity index (χ0) is 18.5. The molecule has 26 heavy (non-hydrogen) atoms. The summed E-state index contributed by atoms with van der Waals surface area (Å²) in [5, 5.41) is 11.3. The third kappa shape index (κ3) is 4.47. The summed E-state index contributed by atoms with van der Waals surface area (Å²) in [5.74, 6) is -0.668. The molecule has 1 aliphatic rings. The van der Waals surface area contributed by atoms with Gasteiger partial charge in [0.25, 0.3) is 5.91 Å². The van der Waals surface area contributed by atoms with E-state index in [0.29, 0.717) is 5.88 Å². The number of likely N-dealkylation sites (tertiary alicyclic amines) is 1. The minimum Gasteiger partial charge on any atom is -0.474 e. The van der Waals surface area contributed by atoms with Gasteiger partial charge in [-0.15, -0.1) is 0 Å². The van der Waals surface area contributed by atoms with Gasteiger partial charge in [0.15, 0.2) is 0 Å². The highest BCUT2D eigenvalue weighted by Crippen LogP contribution is 2.20. The second-order valence-electron chi connectivity index (χ2n) is 6.24. The van der Waals surface area contributed by atoms with E-state index in [1.54, 1.807) is 18.2 Å². The van der Waals surface area contributed by atoms with Crippen molar-refractivity contribution in [2.45, 2.75) is 18.9 Å². The van der Waals surface area contributed by atoms with Crippen LogP contribution in [0.15, 0.2) is 36.4 Å². The smallest absolute Gasteiger partial charge is 0.259 e. The topological polar surface area (TPSA) is 86.7 Å². The van der Waals surface area contributed by atoms with Crippen molar-refractivity contribution in [1.82, 2.24) is 9.88 Å². The molecule has 1 saturated heterocycles. The molecule has 1 aliphatic heterocycles. The van der Waals surface area contributed by atoms with Gasteiger partial charge < -0.3 is 15.0 Å². The molecule has 0 saturated carbocycles. The number of carbonyl (C=O) groups excluding carboxylic acids is 1. The summed E-state index contributed by atoms with van der Waals surface area (Å²) in [7, 11) is 2.08. The van der Waals surface area contributed by atoms with E-state index in [2.05, 4.69) is 22.2 Å². The molecule has 0 spiro atoms. The van der Waals surface area contributed by atoms with Crippen molar-refractivity contribution in [3.8, 4) is 5.88 Å². The highest BCUT2D eigenvalue weighted by Gasteiger charge is 2.19. The number of piperidine rings is 1. The second kappa shape index (κ2) is 8.11. The van der Waals surface area contributed by atoms with Gasteiger partial charge in [-0.1, -0.05) is 6.07 Å². The molecule has 7 nitrogen and oxygen atoms in total. The summed E-state index contributed by atoms with van der Waals surface area (Å²) < 4.78 is 19.8. The van der Waals surface area contributed by atoms with Crippen LogP contribution in [0.2, 0.25) is 0 Å². The molecule has 138 valence electrons. The molecule has 2 heterocycles. The Bertz CT molecular complexity index is 779. The van der Waals surface area contributed by atoms with E-state index in [0.717, 1.165) is 32.0 Å². The lowest BCUT2D eigenvalue weighted by molar-refractivity contribution is 0.102. The fourth-order valence-corrected chi connectivity index (χ4v) is 2.78. The first kappa shape index (κ1) is 18.1. The molecule has 2 aromatic rings. The Balaban J connectivity index is 1.65. The van der Waals surface area contributed by atoms with Crippen molar-refractivity contribution in [2.75, 3.05) is 30.9 Å². The largest absolute Gasteiger partial charge is 0.474 e. The summed E-state index contributed by atoms with van der Waals surface area (Å²) in [6, 6.07) is 8.77. The first-order chi connectivity index (χ1) is 12.5. The van der Waals surface area contributed by atoms with Gasteiger partial charge in [-0.2, -0.15) is 4.98 Å². The van der Waals surface area contributed by atoms with Gasteiger partial charge in [-0.25, -0.2) is 4.39 Å². The maximum absolute atomic E-state index is 13.9. The Morgan fingerprint density at radius 2 is 2.08 bits per heavy atom. The predicted molar refractivity (Wildman–Crippen MR) is 95.1 cm³/mol. The standard InChI is InChI=1S/C18H21FN4O3/c1-23-9-7-13(8-10-23)26-17-4-2-3-16(20-17)21-18(24)14-6-5-12(22-25)11-15(14)19/h2-6,11,13,22,25H,7-10H2,1H3,(H,20,21,24). The summed E-state index contributed by atoms with van der Waals surface area (Å²) in [6.45, 7) is 1.94. The van der Waals surface area contributed by atoms with Crippen LogP contribution in [0.5, 0.6) is 5.88 Å². The number of nitrogens with zero attached hydrogens (tertiary/aromatic N) is 2. The van der Waals surface area contributed by atoms with Crippen molar-refractivity contribution in [1.29, 1.82) is 0 Å². The summed E-state index contributed by atoms with van der Waals surface area (Å²) in [4.78, 5) is 18.8. The van der Waals surface area contributed by atoms with Crippen molar-refractivity contribution < 1.29 is 19.1 Å². The Morgan fingerprint density at radius 1 is 1.31 bits per heavy atom. The normalized spacial score (nSPS) is 15.5. The Morgan fingerprint density at radius 3 is 2.77 bits per heavy atom. The fraction of sp³-hybridized carbons (Fsp3) is 0.333. The molecular weight excluding hydrogens is 339 g/mol. The van der Waals surface area contributed by atoms with E-state index >= 15 is 0 Å². The average Bonchev–Trinajstić information content (AvgIpc) is 2.63. The van der Waals surface area contributed by atoms with Gasteiger partial charge >= 0.3 is 0 Å². The van der Waals surface area contributed by atoms with E-state index in [1.165, 1.54) is 12.1 Å². The molecule has 8 heteroatoms. The van der Waals surface area contributed by atoms with Crippen molar-refractivity contribution in [2.24, 2.45) is 0 Å². The first-order valence-corrected chi connectivity index (χ1v) is 8.38. The van der Waals surface area contributed by atoms with Gasteiger partial charge in [0.05, 0.1) is 11.3 Å². The Labute approximate surface area is 150 Å². The second-order valence-corrected chi connectivity index (χ2v) is 6.24.